The minimum atomic E-state index is -0.333. The molecule has 1 saturated heterocycles. The van der Waals surface area contributed by atoms with Crippen molar-refractivity contribution in [1.29, 1.82) is 0 Å². The molecule has 1 atom stereocenters. The number of pyridine rings is 1. The van der Waals surface area contributed by atoms with Gasteiger partial charge in [0.25, 0.3) is 0 Å². The minimum absolute atomic E-state index is 0.0460. The van der Waals surface area contributed by atoms with Gasteiger partial charge in [-0.2, -0.15) is 4.98 Å². The Morgan fingerprint density at radius 3 is 2.62 bits per heavy atom. The molecule has 6 nitrogen and oxygen atoms in total. The van der Waals surface area contributed by atoms with E-state index in [0.717, 1.165) is 5.56 Å². The van der Waals surface area contributed by atoms with E-state index >= 15 is 0 Å². The van der Waals surface area contributed by atoms with Crippen molar-refractivity contribution < 1.29 is 13.7 Å². The maximum atomic E-state index is 13.0. The van der Waals surface area contributed by atoms with Crippen molar-refractivity contribution in [3.8, 4) is 11.4 Å². The summed E-state index contributed by atoms with van der Waals surface area (Å²) in [5, 5.41) is 3.97. The Kier molecular flexibility index (Phi) is 3.53. The van der Waals surface area contributed by atoms with Crippen LogP contribution in [0, 0.1) is 5.82 Å². The third-order valence-corrected chi connectivity index (χ3v) is 3.99. The van der Waals surface area contributed by atoms with Crippen molar-refractivity contribution in [3.63, 3.8) is 0 Å². The number of hydrogen-bond donors (Lipinski definition) is 0. The molecular weight excluding hydrogens is 311 g/mol. The fraction of sp³-hybridized carbons (Fsp3) is 0.176. The maximum absolute atomic E-state index is 13.0. The monoisotopic (exact) mass is 324 g/mol. The summed E-state index contributed by atoms with van der Waals surface area (Å²) in [6.07, 6.45) is 3.59. The molecule has 1 amide bonds. The van der Waals surface area contributed by atoms with Gasteiger partial charge < -0.3 is 9.42 Å². The number of aromatic nitrogens is 3. The van der Waals surface area contributed by atoms with E-state index in [0.29, 0.717) is 23.9 Å². The van der Waals surface area contributed by atoms with E-state index in [2.05, 4.69) is 15.1 Å². The van der Waals surface area contributed by atoms with Crippen molar-refractivity contribution in [2.45, 2.75) is 12.3 Å². The van der Waals surface area contributed by atoms with Crippen molar-refractivity contribution in [2.24, 2.45) is 0 Å². The van der Waals surface area contributed by atoms with Crippen LogP contribution in [0.3, 0.4) is 0 Å². The van der Waals surface area contributed by atoms with Gasteiger partial charge in [0.05, 0.1) is 5.92 Å². The zero-order valence-corrected chi connectivity index (χ0v) is 12.6. The molecule has 24 heavy (non-hydrogen) atoms. The SMILES string of the molecule is O=C1C[C@@H](c2nc(-c3ccncc3)no2)CN1c1ccc(F)cc1. The van der Waals surface area contributed by atoms with Crippen molar-refractivity contribution in [2.75, 3.05) is 11.4 Å². The minimum Gasteiger partial charge on any atom is -0.339 e. The molecule has 3 aromatic rings. The lowest BCUT2D eigenvalue weighted by Gasteiger charge is -2.15. The number of carbonyl (C=O) groups is 1. The molecule has 1 fully saturated rings. The molecule has 7 heteroatoms. The van der Waals surface area contributed by atoms with Gasteiger partial charge >= 0.3 is 0 Å². The number of halogens is 1. The van der Waals surface area contributed by atoms with Crippen LogP contribution in [0.15, 0.2) is 53.3 Å². The van der Waals surface area contributed by atoms with Gasteiger partial charge in [0.2, 0.25) is 17.6 Å². The molecule has 1 aromatic carbocycles. The van der Waals surface area contributed by atoms with E-state index in [1.165, 1.54) is 12.1 Å². The summed E-state index contributed by atoms with van der Waals surface area (Å²) >= 11 is 0. The highest BCUT2D eigenvalue weighted by atomic mass is 19.1. The molecule has 0 aliphatic carbocycles. The Balaban J connectivity index is 1.55. The lowest BCUT2D eigenvalue weighted by atomic mass is 10.1. The summed E-state index contributed by atoms with van der Waals surface area (Å²) in [5.41, 5.74) is 1.47. The summed E-state index contributed by atoms with van der Waals surface area (Å²) in [5.74, 6) is 0.349. The molecule has 1 aliphatic heterocycles. The molecule has 3 heterocycles. The van der Waals surface area contributed by atoms with E-state index in [1.807, 2.05) is 0 Å². The van der Waals surface area contributed by atoms with Crippen LogP contribution in [0.4, 0.5) is 10.1 Å². The molecule has 0 saturated carbocycles. The smallest absolute Gasteiger partial charge is 0.232 e. The van der Waals surface area contributed by atoms with Crippen LogP contribution < -0.4 is 4.90 Å². The number of rotatable bonds is 3. The summed E-state index contributed by atoms with van der Waals surface area (Å²) in [4.78, 5) is 22.2. The van der Waals surface area contributed by atoms with Crippen LogP contribution >= 0.6 is 0 Å². The van der Waals surface area contributed by atoms with Crippen molar-refractivity contribution in [1.82, 2.24) is 15.1 Å². The predicted molar refractivity (Wildman–Crippen MR) is 83.6 cm³/mol. The maximum Gasteiger partial charge on any atom is 0.232 e. The first-order valence-corrected chi connectivity index (χ1v) is 7.50. The van der Waals surface area contributed by atoms with Gasteiger partial charge in [-0.1, -0.05) is 5.16 Å². The predicted octanol–water partition coefficient (Wildman–Crippen LogP) is 2.79. The van der Waals surface area contributed by atoms with Crippen LogP contribution in [0.25, 0.3) is 11.4 Å². The first-order chi connectivity index (χ1) is 11.7. The summed E-state index contributed by atoms with van der Waals surface area (Å²) in [6.45, 7) is 0.433. The van der Waals surface area contributed by atoms with E-state index in [-0.39, 0.29) is 24.1 Å². The first-order valence-electron chi connectivity index (χ1n) is 7.50. The van der Waals surface area contributed by atoms with Crippen molar-refractivity contribution >= 4 is 11.6 Å². The first kappa shape index (κ1) is 14.5. The highest BCUT2D eigenvalue weighted by Gasteiger charge is 2.35. The molecule has 2 aromatic heterocycles. The topological polar surface area (TPSA) is 72.1 Å². The van der Waals surface area contributed by atoms with Gasteiger partial charge in [-0.25, -0.2) is 4.39 Å². The number of amides is 1. The third-order valence-electron chi connectivity index (χ3n) is 3.99. The lowest BCUT2D eigenvalue weighted by Crippen LogP contribution is -2.24. The van der Waals surface area contributed by atoms with Crippen LogP contribution in [-0.2, 0) is 4.79 Å². The average Bonchev–Trinajstić information content (AvgIpc) is 3.23. The zero-order valence-electron chi connectivity index (χ0n) is 12.6. The molecule has 0 radical (unpaired) electrons. The fourth-order valence-electron chi connectivity index (χ4n) is 2.76. The molecule has 120 valence electrons. The van der Waals surface area contributed by atoms with Crippen LogP contribution in [0.2, 0.25) is 0 Å². The quantitative estimate of drug-likeness (QED) is 0.741. The molecule has 0 spiro atoms. The molecular formula is C17H13FN4O2. The molecule has 0 N–H and O–H groups in total. The van der Waals surface area contributed by atoms with E-state index < -0.39 is 0 Å². The van der Waals surface area contributed by atoms with Crippen molar-refractivity contribution in [3.05, 3.63) is 60.5 Å². The Bertz CT molecular complexity index is 864. The normalized spacial score (nSPS) is 17.5. The zero-order chi connectivity index (χ0) is 16.5. The summed E-state index contributed by atoms with van der Waals surface area (Å²) in [6, 6.07) is 9.44. The van der Waals surface area contributed by atoms with Gasteiger partial charge in [0.15, 0.2) is 0 Å². The van der Waals surface area contributed by atoms with Gasteiger partial charge in [0.1, 0.15) is 5.82 Å². The lowest BCUT2D eigenvalue weighted by molar-refractivity contribution is -0.117. The second kappa shape index (κ2) is 5.84. The van der Waals surface area contributed by atoms with Gasteiger partial charge in [0, 0.05) is 36.6 Å². The highest BCUT2D eigenvalue weighted by Crippen LogP contribution is 2.31. The van der Waals surface area contributed by atoms with Crippen LogP contribution in [-0.4, -0.2) is 27.6 Å². The number of carbonyl (C=O) groups excluding carboxylic acids is 1. The Morgan fingerprint density at radius 1 is 1.12 bits per heavy atom. The van der Waals surface area contributed by atoms with Gasteiger partial charge in [-0.15, -0.1) is 0 Å². The van der Waals surface area contributed by atoms with E-state index in [4.69, 9.17) is 4.52 Å². The highest BCUT2D eigenvalue weighted by molar-refractivity contribution is 5.96. The van der Waals surface area contributed by atoms with E-state index in [1.54, 1.807) is 41.6 Å². The van der Waals surface area contributed by atoms with Gasteiger partial charge in [-0.3, -0.25) is 9.78 Å². The van der Waals surface area contributed by atoms with Crippen LogP contribution in [0.5, 0.6) is 0 Å². The number of benzene rings is 1. The Hall–Kier alpha value is -3.09. The summed E-state index contributed by atoms with van der Waals surface area (Å²) < 4.78 is 18.4. The average molecular weight is 324 g/mol. The second-order valence-corrected chi connectivity index (χ2v) is 5.57. The number of hydrogen-bond acceptors (Lipinski definition) is 5. The largest absolute Gasteiger partial charge is 0.339 e. The standard InChI is InChI=1S/C17H13FN4O2/c18-13-1-3-14(4-2-13)22-10-12(9-15(22)23)17-20-16(21-24-17)11-5-7-19-8-6-11/h1-8,12H,9-10H2/t12-/m1/s1. The number of anilines is 1. The second-order valence-electron chi connectivity index (χ2n) is 5.57. The molecule has 0 bridgehead atoms. The third kappa shape index (κ3) is 2.64. The molecule has 4 rings (SSSR count). The van der Waals surface area contributed by atoms with Crippen LogP contribution in [0.1, 0.15) is 18.2 Å². The van der Waals surface area contributed by atoms with E-state index in [9.17, 15) is 9.18 Å². The Labute approximate surface area is 136 Å². The molecule has 1 aliphatic rings. The fourth-order valence-corrected chi connectivity index (χ4v) is 2.76. The number of nitrogens with zero attached hydrogens (tertiary/aromatic N) is 4. The Morgan fingerprint density at radius 2 is 1.88 bits per heavy atom. The summed E-state index contributed by atoms with van der Waals surface area (Å²) in [7, 11) is 0. The molecule has 0 unspecified atom stereocenters. The van der Waals surface area contributed by atoms with Gasteiger partial charge in [-0.05, 0) is 36.4 Å².